The quantitative estimate of drug-likeness (QED) is 0.578. The van der Waals surface area contributed by atoms with Crippen molar-refractivity contribution >= 4 is 0 Å². The van der Waals surface area contributed by atoms with Crippen molar-refractivity contribution in [1.29, 1.82) is 0 Å². The van der Waals surface area contributed by atoms with E-state index in [4.69, 9.17) is 5.73 Å². The molecule has 0 aromatic heterocycles. The maximum atomic E-state index is 9.52. The predicted molar refractivity (Wildman–Crippen MR) is 47.0 cm³/mol. The summed E-state index contributed by atoms with van der Waals surface area (Å²) in [6.07, 6.45) is 0.688. The molecule has 0 aliphatic rings. The van der Waals surface area contributed by atoms with E-state index in [-0.39, 0.29) is 18.0 Å². The molecule has 0 saturated carbocycles. The maximum Gasteiger partial charge on any atom is 0.123 e. The van der Waals surface area contributed by atoms with E-state index < -0.39 is 0 Å². The van der Waals surface area contributed by atoms with Gasteiger partial charge >= 0.3 is 0 Å². The van der Waals surface area contributed by atoms with Crippen molar-refractivity contribution in [2.24, 2.45) is 5.73 Å². The number of hydrogen-bond donors (Lipinski definition) is 3. The third-order valence-corrected chi connectivity index (χ3v) is 1.85. The van der Waals surface area contributed by atoms with Crippen molar-refractivity contribution in [2.45, 2.75) is 19.9 Å². The highest BCUT2D eigenvalue weighted by molar-refractivity contribution is 5.45. The number of aromatic hydroxyl groups is 2. The summed E-state index contributed by atoms with van der Waals surface area (Å²) in [7, 11) is 0. The standard InChI is InChI=1S/C9H13NO2/c1-2-6-3-8(11)4-7(5-10)9(6)12/h3-4,11-12H,2,5,10H2,1H3. The molecule has 0 aliphatic heterocycles. The van der Waals surface area contributed by atoms with Gasteiger partial charge in [-0.15, -0.1) is 0 Å². The van der Waals surface area contributed by atoms with Gasteiger partial charge in [0.05, 0.1) is 0 Å². The number of hydrogen-bond acceptors (Lipinski definition) is 3. The molecule has 3 heteroatoms. The van der Waals surface area contributed by atoms with Gasteiger partial charge in [-0.05, 0) is 24.1 Å². The first-order valence-corrected chi connectivity index (χ1v) is 3.92. The molecule has 0 aliphatic carbocycles. The Kier molecular flexibility index (Phi) is 2.55. The van der Waals surface area contributed by atoms with Crippen LogP contribution in [0.1, 0.15) is 18.1 Å². The van der Waals surface area contributed by atoms with Gasteiger partial charge < -0.3 is 15.9 Å². The predicted octanol–water partition coefficient (Wildman–Crippen LogP) is 1.12. The summed E-state index contributed by atoms with van der Waals surface area (Å²) in [6.45, 7) is 2.15. The van der Waals surface area contributed by atoms with E-state index in [1.807, 2.05) is 6.92 Å². The van der Waals surface area contributed by atoms with Crippen LogP contribution in [0.5, 0.6) is 11.5 Å². The zero-order chi connectivity index (χ0) is 9.14. The molecule has 0 bridgehead atoms. The van der Waals surface area contributed by atoms with Crippen LogP contribution >= 0.6 is 0 Å². The fourth-order valence-electron chi connectivity index (χ4n) is 1.17. The van der Waals surface area contributed by atoms with Crippen molar-refractivity contribution in [3.8, 4) is 11.5 Å². The van der Waals surface area contributed by atoms with Crippen LogP contribution in [0.25, 0.3) is 0 Å². The number of rotatable bonds is 2. The Hall–Kier alpha value is -1.22. The van der Waals surface area contributed by atoms with E-state index in [0.717, 1.165) is 5.56 Å². The summed E-state index contributed by atoms with van der Waals surface area (Å²) < 4.78 is 0. The molecule has 0 saturated heterocycles. The second-order valence-corrected chi connectivity index (χ2v) is 2.67. The van der Waals surface area contributed by atoms with Gasteiger partial charge in [0.2, 0.25) is 0 Å². The first kappa shape index (κ1) is 8.87. The molecule has 4 N–H and O–H groups in total. The molecule has 0 amide bonds. The van der Waals surface area contributed by atoms with Crippen molar-refractivity contribution in [1.82, 2.24) is 0 Å². The highest BCUT2D eigenvalue weighted by Gasteiger charge is 2.06. The molecular formula is C9H13NO2. The van der Waals surface area contributed by atoms with Crippen LogP contribution in [0.3, 0.4) is 0 Å². The zero-order valence-electron chi connectivity index (χ0n) is 7.04. The van der Waals surface area contributed by atoms with Crippen molar-refractivity contribution in [2.75, 3.05) is 0 Å². The Morgan fingerprint density at radius 3 is 2.33 bits per heavy atom. The monoisotopic (exact) mass is 167 g/mol. The first-order chi connectivity index (χ1) is 5.69. The summed E-state index contributed by atoms with van der Waals surface area (Å²) >= 11 is 0. The van der Waals surface area contributed by atoms with Gasteiger partial charge in [-0.1, -0.05) is 6.92 Å². The molecule has 1 aromatic carbocycles. The lowest BCUT2D eigenvalue weighted by molar-refractivity contribution is 0.448. The smallest absolute Gasteiger partial charge is 0.123 e. The third-order valence-electron chi connectivity index (χ3n) is 1.85. The maximum absolute atomic E-state index is 9.52. The first-order valence-electron chi connectivity index (χ1n) is 3.92. The Morgan fingerprint density at radius 1 is 1.25 bits per heavy atom. The normalized spacial score (nSPS) is 10.2. The Bertz CT molecular complexity index is 259. The van der Waals surface area contributed by atoms with Crippen molar-refractivity contribution < 1.29 is 10.2 Å². The summed E-state index contributed by atoms with van der Waals surface area (Å²) in [5, 5.41) is 18.7. The average Bonchev–Trinajstić information content (AvgIpc) is 2.08. The average molecular weight is 167 g/mol. The van der Waals surface area contributed by atoms with E-state index in [1.165, 1.54) is 6.07 Å². The van der Waals surface area contributed by atoms with Gasteiger partial charge in [0.25, 0.3) is 0 Å². The lowest BCUT2D eigenvalue weighted by atomic mass is 10.1. The largest absolute Gasteiger partial charge is 0.508 e. The molecule has 0 spiro atoms. The number of benzene rings is 1. The van der Waals surface area contributed by atoms with Crippen LogP contribution < -0.4 is 5.73 Å². The number of nitrogens with two attached hydrogens (primary N) is 1. The lowest BCUT2D eigenvalue weighted by Gasteiger charge is -2.07. The van der Waals surface area contributed by atoms with Crippen molar-refractivity contribution in [3.63, 3.8) is 0 Å². The van der Waals surface area contributed by atoms with Gasteiger partial charge in [0.1, 0.15) is 11.5 Å². The molecule has 0 unspecified atom stereocenters. The van der Waals surface area contributed by atoms with E-state index >= 15 is 0 Å². The van der Waals surface area contributed by atoms with E-state index in [2.05, 4.69) is 0 Å². The molecule has 66 valence electrons. The Balaban J connectivity index is 3.22. The van der Waals surface area contributed by atoms with E-state index in [1.54, 1.807) is 6.07 Å². The molecule has 0 atom stereocenters. The molecule has 3 nitrogen and oxygen atoms in total. The van der Waals surface area contributed by atoms with Gasteiger partial charge in [-0.2, -0.15) is 0 Å². The second-order valence-electron chi connectivity index (χ2n) is 2.67. The zero-order valence-corrected chi connectivity index (χ0v) is 7.04. The Labute approximate surface area is 71.5 Å². The van der Waals surface area contributed by atoms with Crippen LogP contribution in [0.2, 0.25) is 0 Å². The fraction of sp³-hybridized carbons (Fsp3) is 0.333. The minimum Gasteiger partial charge on any atom is -0.508 e. The van der Waals surface area contributed by atoms with Crippen LogP contribution in [0, 0.1) is 0 Å². The molecule has 0 radical (unpaired) electrons. The van der Waals surface area contributed by atoms with Gasteiger partial charge in [0, 0.05) is 12.1 Å². The molecule has 12 heavy (non-hydrogen) atoms. The molecule has 0 fully saturated rings. The highest BCUT2D eigenvalue weighted by atomic mass is 16.3. The van der Waals surface area contributed by atoms with E-state index in [0.29, 0.717) is 12.0 Å². The molecule has 1 rings (SSSR count). The lowest BCUT2D eigenvalue weighted by Crippen LogP contribution is -1.98. The minimum absolute atomic E-state index is 0.158. The Morgan fingerprint density at radius 2 is 1.83 bits per heavy atom. The highest BCUT2D eigenvalue weighted by Crippen LogP contribution is 2.27. The van der Waals surface area contributed by atoms with Gasteiger partial charge in [-0.3, -0.25) is 0 Å². The molecular weight excluding hydrogens is 154 g/mol. The second kappa shape index (κ2) is 3.45. The fourth-order valence-corrected chi connectivity index (χ4v) is 1.17. The van der Waals surface area contributed by atoms with Gasteiger partial charge in [0.15, 0.2) is 0 Å². The minimum atomic E-state index is 0.158. The molecule has 0 heterocycles. The van der Waals surface area contributed by atoms with Crippen LogP contribution in [-0.2, 0) is 13.0 Å². The number of phenols is 2. The van der Waals surface area contributed by atoms with Crippen molar-refractivity contribution in [3.05, 3.63) is 23.3 Å². The SMILES string of the molecule is CCc1cc(O)cc(CN)c1O. The topological polar surface area (TPSA) is 66.5 Å². The third kappa shape index (κ3) is 1.51. The van der Waals surface area contributed by atoms with Crippen LogP contribution in [0.4, 0.5) is 0 Å². The number of phenolic OH excluding ortho intramolecular Hbond substituents is 2. The summed E-state index contributed by atoms with van der Waals surface area (Å²) in [4.78, 5) is 0. The molecule has 1 aromatic rings. The summed E-state index contributed by atoms with van der Waals surface area (Å²) in [5.41, 5.74) is 6.69. The van der Waals surface area contributed by atoms with Crippen LogP contribution in [-0.4, -0.2) is 10.2 Å². The summed E-state index contributed by atoms with van der Waals surface area (Å²) in [6, 6.07) is 3.03. The van der Waals surface area contributed by atoms with Gasteiger partial charge in [-0.25, -0.2) is 0 Å². The summed E-state index contributed by atoms with van der Waals surface area (Å²) in [5.74, 6) is 0.364. The number of aryl methyl sites for hydroxylation is 1. The van der Waals surface area contributed by atoms with Crippen LogP contribution in [0.15, 0.2) is 12.1 Å². The van der Waals surface area contributed by atoms with E-state index in [9.17, 15) is 10.2 Å².